The third kappa shape index (κ3) is 2.13. The van der Waals surface area contributed by atoms with E-state index in [1.165, 1.54) is 0 Å². The molecule has 1 aliphatic rings. The monoisotopic (exact) mass is 293 g/mol. The highest BCUT2D eigenvalue weighted by Crippen LogP contribution is 2.43. The molecular formula is C19H19NO2. The molecule has 0 aromatic heterocycles. The highest BCUT2D eigenvalue weighted by atomic mass is 16.5. The van der Waals surface area contributed by atoms with Gasteiger partial charge < -0.3 is 4.74 Å². The van der Waals surface area contributed by atoms with Gasteiger partial charge >= 0.3 is 5.97 Å². The summed E-state index contributed by atoms with van der Waals surface area (Å²) in [5.41, 5.74) is 3.74. The zero-order chi connectivity index (χ0) is 15.7. The molecule has 0 radical (unpaired) electrons. The first-order valence-electron chi connectivity index (χ1n) is 7.50. The van der Waals surface area contributed by atoms with E-state index in [0.29, 0.717) is 6.61 Å². The molecule has 0 amide bonds. The lowest BCUT2D eigenvalue weighted by Gasteiger charge is -2.25. The van der Waals surface area contributed by atoms with E-state index in [9.17, 15) is 4.79 Å². The smallest absolute Gasteiger partial charge is 0.322 e. The minimum absolute atomic E-state index is 0.250. The zero-order valence-electron chi connectivity index (χ0n) is 13.1. The lowest BCUT2D eigenvalue weighted by atomic mass is 9.77. The Labute approximate surface area is 130 Å². The zero-order valence-corrected chi connectivity index (χ0v) is 13.1. The third-order valence-corrected chi connectivity index (χ3v) is 4.13. The molecule has 3 nitrogen and oxygen atoms in total. The molecule has 22 heavy (non-hydrogen) atoms. The number of aliphatic imine (C=N–C) groups is 1. The van der Waals surface area contributed by atoms with E-state index in [0.717, 1.165) is 28.1 Å². The van der Waals surface area contributed by atoms with Crippen LogP contribution in [0, 0.1) is 6.92 Å². The molecule has 3 heteroatoms. The average molecular weight is 293 g/mol. The summed E-state index contributed by atoms with van der Waals surface area (Å²) in [6.07, 6.45) is 0. The predicted octanol–water partition coefficient (Wildman–Crippen LogP) is 3.95. The van der Waals surface area contributed by atoms with Crippen molar-refractivity contribution in [2.45, 2.75) is 26.2 Å². The summed E-state index contributed by atoms with van der Waals surface area (Å²) in [5, 5.41) is 0. The number of carbonyl (C=O) groups is 1. The molecule has 0 bridgehead atoms. The summed E-state index contributed by atoms with van der Waals surface area (Å²) < 4.78 is 5.35. The molecule has 0 fully saturated rings. The molecule has 112 valence electrons. The first-order valence-corrected chi connectivity index (χ1v) is 7.50. The van der Waals surface area contributed by atoms with Crippen molar-refractivity contribution in [1.29, 1.82) is 0 Å². The molecular weight excluding hydrogens is 274 g/mol. The van der Waals surface area contributed by atoms with E-state index in [4.69, 9.17) is 9.73 Å². The van der Waals surface area contributed by atoms with Crippen LogP contribution in [0.4, 0.5) is 5.69 Å². The summed E-state index contributed by atoms with van der Waals surface area (Å²) in [6, 6.07) is 15.8. The Morgan fingerprint density at radius 1 is 1.18 bits per heavy atom. The van der Waals surface area contributed by atoms with Crippen molar-refractivity contribution >= 4 is 17.4 Å². The van der Waals surface area contributed by atoms with E-state index >= 15 is 0 Å². The fraction of sp³-hybridized carbons (Fsp3) is 0.263. The minimum Gasteiger partial charge on any atom is -0.465 e. The summed E-state index contributed by atoms with van der Waals surface area (Å²) in [6.45, 7) is 6.11. The van der Waals surface area contributed by atoms with Crippen LogP contribution in [-0.2, 0) is 14.9 Å². The van der Waals surface area contributed by atoms with Gasteiger partial charge in [0.05, 0.1) is 18.0 Å². The normalized spacial score (nSPS) is 19.5. The molecule has 2 aromatic carbocycles. The lowest BCUT2D eigenvalue weighted by Crippen LogP contribution is -2.40. The maximum atomic E-state index is 12.7. The first kappa shape index (κ1) is 14.5. The SMILES string of the molecule is CCOC(=O)C1(C)C(c2ccccc2)=Nc2cc(C)ccc21. The van der Waals surface area contributed by atoms with Crippen LogP contribution in [0.25, 0.3) is 0 Å². The molecule has 0 saturated carbocycles. The van der Waals surface area contributed by atoms with Crippen LogP contribution in [0.15, 0.2) is 53.5 Å². The van der Waals surface area contributed by atoms with Gasteiger partial charge in [-0.3, -0.25) is 9.79 Å². The fourth-order valence-corrected chi connectivity index (χ4v) is 2.95. The number of esters is 1. The van der Waals surface area contributed by atoms with Crippen LogP contribution in [0.3, 0.4) is 0 Å². The van der Waals surface area contributed by atoms with Crippen molar-refractivity contribution in [2.24, 2.45) is 4.99 Å². The van der Waals surface area contributed by atoms with E-state index < -0.39 is 5.41 Å². The van der Waals surface area contributed by atoms with Gasteiger partial charge in [-0.05, 0) is 38.0 Å². The van der Waals surface area contributed by atoms with E-state index in [-0.39, 0.29) is 5.97 Å². The predicted molar refractivity (Wildman–Crippen MR) is 87.8 cm³/mol. The number of carbonyl (C=O) groups excluding carboxylic acids is 1. The minimum atomic E-state index is -0.861. The topological polar surface area (TPSA) is 38.7 Å². The number of ether oxygens (including phenoxy) is 1. The van der Waals surface area contributed by atoms with E-state index in [2.05, 4.69) is 0 Å². The number of benzene rings is 2. The van der Waals surface area contributed by atoms with Gasteiger partial charge in [0.15, 0.2) is 0 Å². The largest absolute Gasteiger partial charge is 0.465 e. The van der Waals surface area contributed by atoms with Gasteiger partial charge in [-0.15, -0.1) is 0 Å². The Hall–Kier alpha value is -2.42. The summed E-state index contributed by atoms with van der Waals surface area (Å²) >= 11 is 0. The molecule has 0 saturated heterocycles. The molecule has 0 N–H and O–H groups in total. The average Bonchev–Trinajstić information content (AvgIpc) is 2.82. The summed E-state index contributed by atoms with van der Waals surface area (Å²) in [4.78, 5) is 17.5. The van der Waals surface area contributed by atoms with Crippen molar-refractivity contribution in [3.63, 3.8) is 0 Å². The van der Waals surface area contributed by atoms with Crippen molar-refractivity contribution in [3.05, 3.63) is 65.2 Å². The quantitative estimate of drug-likeness (QED) is 0.804. The lowest BCUT2D eigenvalue weighted by molar-refractivity contribution is -0.146. The number of rotatable bonds is 3. The Bertz CT molecular complexity index is 749. The van der Waals surface area contributed by atoms with Crippen molar-refractivity contribution in [2.75, 3.05) is 6.61 Å². The fourth-order valence-electron chi connectivity index (χ4n) is 2.95. The summed E-state index contributed by atoms with van der Waals surface area (Å²) in [7, 11) is 0. The second-order valence-corrected chi connectivity index (χ2v) is 5.69. The molecule has 1 heterocycles. The van der Waals surface area contributed by atoms with Crippen molar-refractivity contribution < 1.29 is 9.53 Å². The number of hydrogen-bond donors (Lipinski definition) is 0. The molecule has 1 unspecified atom stereocenters. The molecule has 3 rings (SSSR count). The van der Waals surface area contributed by atoms with Gasteiger partial charge in [0.2, 0.25) is 0 Å². The van der Waals surface area contributed by atoms with E-state index in [1.54, 1.807) is 0 Å². The van der Waals surface area contributed by atoms with Crippen LogP contribution in [-0.4, -0.2) is 18.3 Å². The maximum Gasteiger partial charge on any atom is 0.322 e. The van der Waals surface area contributed by atoms with Crippen molar-refractivity contribution in [1.82, 2.24) is 0 Å². The Morgan fingerprint density at radius 2 is 1.91 bits per heavy atom. The van der Waals surface area contributed by atoms with Gasteiger partial charge in [0.1, 0.15) is 5.41 Å². The van der Waals surface area contributed by atoms with Crippen LogP contribution >= 0.6 is 0 Å². The highest BCUT2D eigenvalue weighted by Gasteiger charge is 2.47. The van der Waals surface area contributed by atoms with Gasteiger partial charge in [0.25, 0.3) is 0 Å². The number of nitrogens with zero attached hydrogens (tertiary/aromatic N) is 1. The Morgan fingerprint density at radius 3 is 2.59 bits per heavy atom. The van der Waals surface area contributed by atoms with Crippen LogP contribution in [0.1, 0.15) is 30.5 Å². The van der Waals surface area contributed by atoms with Gasteiger partial charge in [-0.1, -0.05) is 42.5 Å². The van der Waals surface area contributed by atoms with E-state index in [1.807, 2.05) is 69.3 Å². The molecule has 2 aromatic rings. The van der Waals surface area contributed by atoms with Crippen LogP contribution < -0.4 is 0 Å². The number of aryl methyl sites for hydroxylation is 1. The molecule has 0 spiro atoms. The third-order valence-electron chi connectivity index (χ3n) is 4.13. The highest BCUT2D eigenvalue weighted by molar-refractivity contribution is 6.23. The molecule has 1 atom stereocenters. The molecule has 0 aliphatic carbocycles. The van der Waals surface area contributed by atoms with Crippen LogP contribution in [0.5, 0.6) is 0 Å². The standard InChI is InChI=1S/C19H19NO2/c1-4-22-18(21)19(3)15-11-10-13(2)12-16(15)20-17(19)14-8-6-5-7-9-14/h5-12H,4H2,1-3H3. The number of fused-ring (bicyclic) bond motifs is 1. The Kier molecular flexibility index (Phi) is 3.57. The number of hydrogen-bond acceptors (Lipinski definition) is 3. The van der Waals surface area contributed by atoms with Crippen LogP contribution in [0.2, 0.25) is 0 Å². The summed E-state index contributed by atoms with van der Waals surface area (Å²) in [5.74, 6) is -0.250. The van der Waals surface area contributed by atoms with Gasteiger partial charge in [-0.25, -0.2) is 0 Å². The first-order chi connectivity index (χ1) is 10.6. The Balaban J connectivity index is 2.20. The second-order valence-electron chi connectivity index (χ2n) is 5.69. The second kappa shape index (κ2) is 5.41. The van der Waals surface area contributed by atoms with Gasteiger partial charge in [-0.2, -0.15) is 0 Å². The maximum absolute atomic E-state index is 12.7. The van der Waals surface area contributed by atoms with Crippen molar-refractivity contribution in [3.8, 4) is 0 Å². The molecule has 1 aliphatic heterocycles. The van der Waals surface area contributed by atoms with Gasteiger partial charge in [0, 0.05) is 5.56 Å².